The zero-order chi connectivity index (χ0) is 54.3. The molecule has 0 N–H and O–H groups in total. The Bertz CT molecular complexity index is 1120. The van der Waals surface area contributed by atoms with Crippen LogP contribution in [0.3, 0.4) is 0 Å². The molecule has 0 amide bonds. The third kappa shape index (κ3) is 63.1. The Hall–Kier alpha value is -1.59. The molecule has 0 aliphatic heterocycles. The van der Waals surface area contributed by atoms with Gasteiger partial charge < -0.3 is 14.2 Å². The SMILES string of the molecule is CCCCCCCCCCCCCCCCCCCCCCCCCCCCCCCCCC(=O)OCC(COC(=O)CCCCCCCCCC)OC(=O)CCCCCCCCCCCCCCCCCCCC. The molecule has 0 heterocycles. The summed E-state index contributed by atoms with van der Waals surface area (Å²) in [4.78, 5) is 38.2. The maximum absolute atomic E-state index is 12.9. The third-order valence-corrected chi connectivity index (χ3v) is 16.1. The minimum atomic E-state index is -0.761. The predicted octanol–water partition coefficient (Wildman–Crippen LogP) is 23.5. The Balaban J connectivity index is 3.98. The Morgan fingerprint density at radius 2 is 0.360 bits per heavy atom. The predicted molar refractivity (Wildman–Crippen MR) is 326 cm³/mol. The lowest BCUT2D eigenvalue weighted by Gasteiger charge is -2.18. The normalized spacial score (nSPS) is 11.9. The summed E-state index contributed by atoms with van der Waals surface area (Å²) in [7, 11) is 0. The number of carbonyl (C=O) groups is 3. The van der Waals surface area contributed by atoms with Crippen LogP contribution < -0.4 is 0 Å². The number of hydrogen-bond donors (Lipinski definition) is 0. The fraction of sp³-hybridized carbons (Fsp3) is 0.957. The van der Waals surface area contributed by atoms with Crippen molar-refractivity contribution in [2.24, 2.45) is 0 Å². The second-order valence-corrected chi connectivity index (χ2v) is 23.8. The molecule has 6 nitrogen and oxygen atoms in total. The highest BCUT2D eigenvalue weighted by Crippen LogP contribution is 2.19. The summed E-state index contributed by atoms with van der Waals surface area (Å²) in [5.41, 5.74) is 0. The van der Waals surface area contributed by atoms with E-state index in [0.29, 0.717) is 19.3 Å². The van der Waals surface area contributed by atoms with E-state index in [2.05, 4.69) is 20.8 Å². The molecule has 0 radical (unpaired) electrons. The van der Waals surface area contributed by atoms with Crippen molar-refractivity contribution in [3.8, 4) is 0 Å². The van der Waals surface area contributed by atoms with Crippen LogP contribution >= 0.6 is 0 Å². The van der Waals surface area contributed by atoms with Crippen molar-refractivity contribution >= 4 is 17.9 Å². The van der Waals surface area contributed by atoms with Crippen molar-refractivity contribution in [2.75, 3.05) is 13.2 Å². The van der Waals surface area contributed by atoms with Gasteiger partial charge >= 0.3 is 17.9 Å². The molecule has 0 saturated carbocycles. The maximum atomic E-state index is 12.9. The van der Waals surface area contributed by atoms with Gasteiger partial charge in [-0.15, -0.1) is 0 Å². The van der Waals surface area contributed by atoms with Crippen LogP contribution in [0, 0.1) is 0 Å². The van der Waals surface area contributed by atoms with Gasteiger partial charge in [-0.2, -0.15) is 0 Å². The topological polar surface area (TPSA) is 78.9 Å². The van der Waals surface area contributed by atoms with E-state index in [1.807, 2.05) is 0 Å². The van der Waals surface area contributed by atoms with Crippen LogP contribution in [0.2, 0.25) is 0 Å². The molecule has 0 fully saturated rings. The minimum absolute atomic E-state index is 0.0612. The fourth-order valence-electron chi connectivity index (χ4n) is 10.9. The monoisotopic (exact) mass is 1060 g/mol. The molecule has 75 heavy (non-hydrogen) atoms. The highest BCUT2D eigenvalue weighted by atomic mass is 16.6. The van der Waals surface area contributed by atoms with E-state index in [-0.39, 0.29) is 31.1 Å². The van der Waals surface area contributed by atoms with Crippen molar-refractivity contribution in [1.82, 2.24) is 0 Å². The molecule has 1 atom stereocenters. The van der Waals surface area contributed by atoms with Gasteiger partial charge in [-0.25, -0.2) is 0 Å². The number of ether oxygens (including phenoxy) is 3. The van der Waals surface area contributed by atoms with Crippen molar-refractivity contribution in [3.05, 3.63) is 0 Å². The molecule has 0 aromatic carbocycles. The molecule has 0 aromatic rings. The van der Waals surface area contributed by atoms with Gasteiger partial charge in [0.25, 0.3) is 0 Å². The number of rotatable bonds is 65. The lowest BCUT2D eigenvalue weighted by atomic mass is 10.0. The zero-order valence-corrected chi connectivity index (χ0v) is 51.4. The molecule has 0 saturated heterocycles. The highest BCUT2D eigenvalue weighted by molar-refractivity contribution is 5.71. The van der Waals surface area contributed by atoms with E-state index >= 15 is 0 Å². The smallest absolute Gasteiger partial charge is 0.306 e. The van der Waals surface area contributed by atoms with E-state index in [9.17, 15) is 14.4 Å². The number of carbonyl (C=O) groups excluding carboxylic acids is 3. The van der Waals surface area contributed by atoms with Gasteiger partial charge in [0.15, 0.2) is 6.10 Å². The number of hydrogen-bond acceptors (Lipinski definition) is 6. The lowest BCUT2D eigenvalue weighted by Crippen LogP contribution is -2.30. The molecule has 446 valence electrons. The summed E-state index contributed by atoms with van der Waals surface area (Å²) in [6, 6.07) is 0. The molecule has 1 unspecified atom stereocenters. The average Bonchev–Trinajstić information content (AvgIpc) is 3.41. The molecule has 0 bridgehead atoms. The van der Waals surface area contributed by atoms with Crippen LogP contribution in [0.25, 0.3) is 0 Å². The second-order valence-electron chi connectivity index (χ2n) is 23.8. The summed E-state index contributed by atoms with van der Waals surface area (Å²) in [6.45, 7) is 6.70. The van der Waals surface area contributed by atoms with Gasteiger partial charge in [-0.05, 0) is 19.3 Å². The largest absolute Gasteiger partial charge is 0.462 e. The van der Waals surface area contributed by atoms with Gasteiger partial charge in [0.2, 0.25) is 0 Å². The van der Waals surface area contributed by atoms with E-state index < -0.39 is 6.10 Å². The van der Waals surface area contributed by atoms with Gasteiger partial charge in [-0.3, -0.25) is 14.4 Å². The van der Waals surface area contributed by atoms with Gasteiger partial charge in [0.1, 0.15) is 13.2 Å². The summed E-state index contributed by atoms with van der Waals surface area (Å²) < 4.78 is 16.9. The molecule has 0 aliphatic rings. The first-order valence-electron chi connectivity index (χ1n) is 34.5. The van der Waals surface area contributed by atoms with Crippen LogP contribution in [-0.2, 0) is 28.6 Å². The Morgan fingerprint density at radius 3 is 0.533 bits per heavy atom. The van der Waals surface area contributed by atoms with Crippen LogP contribution in [0.15, 0.2) is 0 Å². The van der Waals surface area contributed by atoms with E-state index in [4.69, 9.17) is 14.2 Å². The van der Waals surface area contributed by atoms with Crippen molar-refractivity contribution in [2.45, 2.75) is 412 Å². The molecular formula is C69H134O6. The van der Waals surface area contributed by atoms with Gasteiger partial charge in [-0.1, -0.05) is 367 Å². The van der Waals surface area contributed by atoms with E-state index in [1.54, 1.807) is 0 Å². The van der Waals surface area contributed by atoms with Crippen LogP contribution in [-0.4, -0.2) is 37.2 Å². The molecule has 0 aromatic heterocycles. The first-order valence-corrected chi connectivity index (χ1v) is 34.5. The van der Waals surface area contributed by atoms with E-state index in [1.165, 1.54) is 308 Å². The third-order valence-electron chi connectivity index (χ3n) is 16.1. The van der Waals surface area contributed by atoms with Gasteiger partial charge in [0.05, 0.1) is 0 Å². The second kappa shape index (κ2) is 64.9. The standard InChI is InChI=1S/C69H134O6/c1-4-7-10-13-16-19-21-23-25-27-29-30-31-32-33-34-35-36-37-38-39-40-41-43-44-46-48-50-53-56-59-62-68(71)74-65-66(64-73-67(70)61-58-55-52-18-15-12-9-6-3)75-69(72)63-60-57-54-51-49-47-45-42-28-26-24-22-20-17-14-11-8-5-2/h66H,4-65H2,1-3H3. The Morgan fingerprint density at radius 1 is 0.213 bits per heavy atom. The number of unbranched alkanes of at least 4 members (excludes halogenated alkanes) is 54. The van der Waals surface area contributed by atoms with Crippen LogP contribution in [0.1, 0.15) is 406 Å². The summed E-state index contributed by atoms with van der Waals surface area (Å²) >= 11 is 0. The molecule has 0 aliphatic carbocycles. The first-order chi connectivity index (χ1) is 37.0. The van der Waals surface area contributed by atoms with Crippen molar-refractivity contribution in [1.29, 1.82) is 0 Å². The summed E-state index contributed by atoms with van der Waals surface area (Å²) in [5.74, 6) is -0.832. The average molecular weight is 1060 g/mol. The van der Waals surface area contributed by atoms with Crippen molar-refractivity contribution in [3.63, 3.8) is 0 Å². The van der Waals surface area contributed by atoms with Crippen LogP contribution in [0.5, 0.6) is 0 Å². The first kappa shape index (κ1) is 73.4. The maximum Gasteiger partial charge on any atom is 0.306 e. The van der Waals surface area contributed by atoms with Crippen molar-refractivity contribution < 1.29 is 28.6 Å². The summed E-state index contributed by atoms with van der Waals surface area (Å²) in [6.07, 6.45) is 75.9. The molecular weight excluding hydrogens is 925 g/mol. The lowest BCUT2D eigenvalue weighted by molar-refractivity contribution is -0.167. The molecule has 6 heteroatoms. The van der Waals surface area contributed by atoms with Gasteiger partial charge in [0, 0.05) is 19.3 Å². The quantitative estimate of drug-likeness (QED) is 0.0343. The Kier molecular flexibility index (Phi) is 63.6. The van der Waals surface area contributed by atoms with E-state index in [0.717, 1.165) is 57.8 Å². The number of esters is 3. The highest BCUT2D eigenvalue weighted by Gasteiger charge is 2.19. The fourth-order valence-corrected chi connectivity index (χ4v) is 10.9. The minimum Gasteiger partial charge on any atom is -0.462 e. The Labute approximate surface area is 469 Å². The zero-order valence-electron chi connectivity index (χ0n) is 51.4. The summed E-state index contributed by atoms with van der Waals surface area (Å²) in [5, 5.41) is 0. The molecule has 0 rings (SSSR count). The molecule has 0 spiro atoms. The van der Waals surface area contributed by atoms with Crippen LogP contribution in [0.4, 0.5) is 0 Å².